The van der Waals surface area contributed by atoms with Gasteiger partial charge in [-0.2, -0.15) is 0 Å². The van der Waals surface area contributed by atoms with Crippen LogP contribution in [0, 0.1) is 11.6 Å². The van der Waals surface area contributed by atoms with Crippen LogP contribution < -0.4 is 0 Å². The molecule has 64 valence electrons. The summed E-state index contributed by atoms with van der Waals surface area (Å²) in [5.41, 5.74) is 0.655. The van der Waals surface area contributed by atoms with Crippen LogP contribution in [0.1, 0.15) is 24.3 Å². The predicted molar refractivity (Wildman–Crippen MR) is 40.0 cm³/mol. The van der Waals surface area contributed by atoms with Gasteiger partial charge in [0.2, 0.25) is 0 Å². The van der Waals surface area contributed by atoms with Gasteiger partial charge in [-0.15, -0.1) is 0 Å². The standard InChI is InChI=1S/C9H8F2O/c10-7-3-6(5-1-2-5)4-8(11)9(7)12/h3-5,12H,1-2H2. The Hall–Kier alpha value is -1.12. The highest BCUT2D eigenvalue weighted by Gasteiger charge is 2.25. The molecule has 0 heterocycles. The third kappa shape index (κ3) is 1.15. The van der Waals surface area contributed by atoms with Crippen molar-refractivity contribution in [3.8, 4) is 5.75 Å². The number of phenolic OH excluding ortho intramolecular Hbond substituents is 1. The van der Waals surface area contributed by atoms with Gasteiger partial charge in [0.15, 0.2) is 17.4 Å². The fraction of sp³-hybridized carbons (Fsp3) is 0.333. The minimum absolute atomic E-state index is 0.301. The van der Waals surface area contributed by atoms with Crippen LogP contribution in [0.3, 0.4) is 0 Å². The molecule has 1 saturated carbocycles. The van der Waals surface area contributed by atoms with E-state index in [9.17, 15) is 8.78 Å². The van der Waals surface area contributed by atoms with E-state index in [1.165, 1.54) is 12.1 Å². The van der Waals surface area contributed by atoms with Crippen molar-refractivity contribution in [3.05, 3.63) is 29.3 Å². The Labute approximate surface area is 68.6 Å². The summed E-state index contributed by atoms with van der Waals surface area (Å²) in [6.07, 6.45) is 1.98. The Morgan fingerprint density at radius 1 is 1.17 bits per heavy atom. The van der Waals surface area contributed by atoms with E-state index in [-0.39, 0.29) is 0 Å². The van der Waals surface area contributed by atoms with Gasteiger partial charge in [-0.3, -0.25) is 0 Å². The Morgan fingerprint density at radius 2 is 1.67 bits per heavy atom. The molecule has 1 nitrogen and oxygen atoms in total. The molecule has 1 aliphatic carbocycles. The average Bonchev–Trinajstić information content (AvgIpc) is 2.81. The molecule has 0 spiro atoms. The Morgan fingerprint density at radius 3 is 2.08 bits per heavy atom. The monoisotopic (exact) mass is 170 g/mol. The Kier molecular flexibility index (Phi) is 1.53. The third-order valence-electron chi connectivity index (χ3n) is 2.09. The fourth-order valence-electron chi connectivity index (χ4n) is 1.24. The van der Waals surface area contributed by atoms with Crippen molar-refractivity contribution in [1.29, 1.82) is 0 Å². The highest BCUT2D eigenvalue weighted by Crippen LogP contribution is 2.41. The molecule has 0 radical (unpaired) electrons. The average molecular weight is 170 g/mol. The predicted octanol–water partition coefficient (Wildman–Crippen LogP) is 2.55. The van der Waals surface area contributed by atoms with E-state index in [4.69, 9.17) is 5.11 Å². The molecule has 1 N–H and O–H groups in total. The molecule has 1 aromatic rings. The van der Waals surface area contributed by atoms with Gasteiger partial charge in [-0.1, -0.05) is 0 Å². The second-order valence-corrected chi connectivity index (χ2v) is 3.11. The quantitative estimate of drug-likeness (QED) is 0.686. The number of rotatable bonds is 1. The lowest BCUT2D eigenvalue weighted by atomic mass is 10.1. The number of hydrogen-bond acceptors (Lipinski definition) is 1. The van der Waals surface area contributed by atoms with Crippen LogP contribution in [0.25, 0.3) is 0 Å². The van der Waals surface area contributed by atoms with Crippen LogP contribution in [0.15, 0.2) is 12.1 Å². The minimum Gasteiger partial charge on any atom is -0.503 e. The molecular formula is C9H8F2O. The highest BCUT2D eigenvalue weighted by molar-refractivity contribution is 5.33. The number of phenols is 1. The highest BCUT2D eigenvalue weighted by atomic mass is 19.1. The van der Waals surface area contributed by atoms with Crippen LogP contribution in [0.5, 0.6) is 5.75 Å². The van der Waals surface area contributed by atoms with Crippen LogP contribution in [-0.4, -0.2) is 5.11 Å². The van der Waals surface area contributed by atoms with Crippen molar-refractivity contribution in [2.24, 2.45) is 0 Å². The molecule has 0 aromatic heterocycles. The summed E-state index contributed by atoms with van der Waals surface area (Å²) >= 11 is 0. The lowest BCUT2D eigenvalue weighted by Crippen LogP contribution is -1.87. The van der Waals surface area contributed by atoms with E-state index in [2.05, 4.69) is 0 Å². The van der Waals surface area contributed by atoms with Gasteiger partial charge in [-0.25, -0.2) is 8.78 Å². The first-order chi connectivity index (χ1) is 5.68. The molecule has 2 rings (SSSR count). The van der Waals surface area contributed by atoms with Gasteiger partial charge in [0.25, 0.3) is 0 Å². The first kappa shape index (κ1) is 7.53. The number of aromatic hydroxyl groups is 1. The minimum atomic E-state index is -0.876. The van der Waals surface area contributed by atoms with Crippen LogP contribution >= 0.6 is 0 Å². The van der Waals surface area contributed by atoms with Gasteiger partial charge >= 0.3 is 0 Å². The van der Waals surface area contributed by atoms with Crippen molar-refractivity contribution < 1.29 is 13.9 Å². The van der Waals surface area contributed by atoms with E-state index < -0.39 is 17.4 Å². The lowest BCUT2D eigenvalue weighted by molar-refractivity contribution is 0.395. The van der Waals surface area contributed by atoms with Crippen molar-refractivity contribution in [3.63, 3.8) is 0 Å². The maximum Gasteiger partial charge on any atom is 0.187 e. The zero-order chi connectivity index (χ0) is 8.72. The first-order valence-corrected chi connectivity index (χ1v) is 3.86. The maximum atomic E-state index is 12.7. The summed E-state index contributed by atoms with van der Waals surface area (Å²) in [5, 5.41) is 8.78. The molecule has 1 fully saturated rings. The summed E-state index contributed by atoms with van der Waals surface area (Å²) in [6.45, 7) is 0. The van der Waals surface area contributed by atoms with Crippen molar-refractivity contribution in [2.45, 2.75) is 18.8 Å². The van der Waals surface area contributed by atoms with E-state index in [1.807, 2.05) is 0 Å². The lowest BCUT2D eigenvalue weighted by Gasteiger charge is -2.01. The van der Waals surface area contributed by atoms with E-state index >= 15 is 0 Å². The molecule has 0 atom stereocenters. The summed E-state index contributed by atoms with van der Waals surface area (Å²) < 4.78 is 25.5. The molecule has 0 aliphatic heterocycles. The Bertz CT molecular complexity index is 295. The van der Waals surface area contributed by atoms with Crippen molar-refractivity contribution >= 4 is 0 Å². The van der Waals surface area contributed by atoms with Gasteiger partial charge in [-0.05, 0) is 36.5 Å². The number of hydrogen-bond donors (Lipinski definition) is 1. The van der Waals surface area contributed by atoms with E-state index in [0.717, 1.165) is 12.8 Å². The smallest absolute Gasteiger partial charge is 0.187 e. The van der Waals surface area contributed by atoms with E-state index in [0.29, 0.717) is 11.5 Å². The summed E-state index contributed by atoms with van der Waals surface area (Å²) in [7, 11) is 0. The normalized spacial score (nSPS) is 16.5. The fourth-order valence-corrected chi connectivity index (χ4v) is 1.24. The third-order valence-corrected chi connectivity index (χ3v) is 2.09. The summed E-state index contributed by atoms with van der Waals surface area (Å²) in [6, 6.07) is 2.41. The zero-order valence-corrected chi connectivity index (χ0v) is 6.35. The molecule has 0 unspecified atom stereocenters. The molecule has 1 aliphatic rings. The molecule has 3 heteroatoms. The van der Waals surface area contributed by atoms with Crippen LogP contribution in [0.2, 0.25) is 0 Å². The topological polar surface area (TPSA) is 20.2 Å². The molecule has 0 amide bonds. The second kappa shape index (κ2) is 2.44. The summed E-state index contributed by atoms with van der Waals surface area (Å²) in [5.74, 6) is -2.30. The number of benzene rings is 1. The summed E-state index contributed by atoms with van der Waals surface area (Å²) in [4.78, 5) is 0. The second-order valence-electron chi connectivity index (χ2n) is 3.11. The molecule has 12 heavy (non-hydrogen) atoms. The van der Waals surface area contributed by atoms with Crippen molar-refractivity contribution in [2.75, 3.05) is 0 Å². The van der Waals surface area contributed by atoms with Gasteiger partial charge in [0, 0.05) is 0 Å². The molecular weight excluding hydrogens is 162 g/mol. The van der Waals surface area contributed by atoms with E-state index in [1.54, 1.807) is 0 Å². The van der Waals surface area contributed by atoms with Crippen LogP contribution in [0.4, 0.5) is 8.78 Å². The number of halogens is 2. The Balaban J connectivity index is 2.45. The largest absolute Gasteiger partial charge is 0.503 e. The van der Waals surface area contributed by atoms with Crippen LogP contribution in [-0.2, 0) is 0 Å². The molecule has 0 saturated heterocycles. The van der Waals surface area contributed by atoms with Crippen molar-refractivity contribution in [1.82, 2.24) is 0 Å². The van der Waals surface area contributed by atoms with Gasteiger partial charge in [0.1, 0.15) is 0 Å². The molecule has 1 aromatic carbocycles. The SMILES string of the molecule is Oc1c(F)cc(C2CC2)cc1F. The maximum absolute atomic E-state index is 12.7. The van der Waals surface area contributed by atoms with Gasteiger partial charge < -0.3 is 5.11 Å². The van der Waals surface area contributed by atoms with Gasteiger partial charge in [0.05, 0.1) is 0 Å². The first-order valence-electron chi connectivity index (χ1n) is 3.86. The molecule has 0 bridgehead atoms. The zero-order valence-electron chi connectivity index (χ0n) is 6.35.